The summed E-state index contributed by atoms with van der Waals surface area (Å²) >= 11 is 0. The molecule has 1 saturated heterocycles. The quantitative estimate of drug-likeness (QED) is 0.501. The monoisotopic (exact) mass is 361 g/mol. The van der Waals surface area contributed by atoms with Crippen LogP contribution in [0.1, 0.15) is 26.3 Å². The highest BCUT2D eigenvalue weighted by Gasteiger charge is 2.23. The standard InChI is InChI=1S/C20H35N5O/c1-5-21-19(22-15-17(2)25-13-11-24(4)12-14-25)23-16-20(3,26)18-9-7-6-8-10-18/h6-10,17,26H,5,11-16H2,1-4H3,(H2,21,22,23). The van der Waals surface area contributed by atoms with Gasteiger partial charge in [-0.25, -0.2) is 4.99 Å². The van der Waals surface area contributed by atoms with Crippen LogP contribution in [0.25, 0.3) is 0 Å². The van der Waals surface area contributed by atoms with E-state index in [-0.39, 0.29) is 0 Å². The summed E-state index contributed by atoms with van der Waals surface area (Å²) < 4.78 is 0. The molecule has 2 rings (SSSR count). The number of aliphatic hydroxyl groups is 1. The van der Waals surface area contributed by atoms with Crippen molar-refractivity contribution in [2.75, 3.05) is 52.9 Å². The molecule has 0 amide bonds. The van der Waals surface area contributed by atoms with Gasteiger partial charge in [-0.3, -0.25) is 4.90 Å². The Morgan fingerprint density at radius 3 is 2.46 bits per heavy atom. The molecule has 2 atom stereocenters. The van der Waals surface area contributed by atoms with Crippen LogP contribution in [0, 0.1) is 0 Å². The summed E-state index contributed by atoms with van der Waals surface area (Å²) in [6, 6.07) is 10.1. The number of hydrogen-bond donors (Lipinski definition) is 3. The first kappa shape index (κ1) is 20.7. The van der Waals surface area contributed by atoms with E-state index in [9.17, 15) is 5.11 Å². The molecule has 0 radical (unpaired) electrons. The third-order valence-electron chi connectivity index (χ3n) is 5.01. The van der Waals surface area contributed by atoms with Crippen LogP contribution in [-0.4, -0.2) is 79.8 Å². The second-order valence-corrected chi connectivity index (χ2v) is 7.40. The fraction of sp³-hybridized carbons (Fsp3) is 0.650. The summed E-state index contributed by atoms with van der Waals surface area (Å²) in [5.41, 5.74) is -0.0995. The van der Waals surface area contributed by atoms with Crippen LogP contribution in [0.4, 0.5) is 0 Å². The first-order valence-electron chi connectivity index (χ1n) is 9.65. The van der Waals surface area contributed by atoms with Gasteiger partial charge in [-0.2, -0.15) is 0 Å². The zero-order chi connectivity index (χ0) is 19.0. The molecule has 1 aliphatic heterocycles. The van der Waals surface area contributed by atoms with Gasteiger partial charge in [0.1, 0.15) is 5.60 Å². The first-order valence-corrected chi connectivity index (χ1v) is 9.65. The summed E-state index contributed by atoms with van der Waals surface area (Å²) in [5, 5.41) is 17.4. The van der Waals surface area contributed by atoms with Crippen molar-refractivity contribution in [2.24, 2.45) is 4.99 Å². The second kappa shape index (κ2) is 9.90. The van der Waals surface area contributed by atoms with Gasteiger partial charge in [0.15, 0.2) is 5.96 Å². The number of likely N-dealkylation sites (N-methyl/N-ethyl adjacent to an activating group) is 1. The normalized spacial score (nSPS) is 20.4. The van der Waals surface area contributed by atoms with Crippen molar-refractivity contribution in [1.29, 1.82) is 0 Å². The van der Waals surface area contributed by atoms with Crippen LogP contribution in [0.15, 0.2) is 35.3 Å². The Kier molecular flexibility index (Phi) is 7.87. The molecular weight excluding hydrogens is 326 g/mol. The van der Waals surface area contributed by atoms with E-state index >= 15 is 0 Å². The van der Waals surface area contributed by atoms with Crippen molar-refractivity contribution in [3.05, 3.63) is 35.9 Å². The van der Waals surface area contributed by atoms with Gasteiger partial charge in [0.2, 0.25) is 0 Å². The van der Waals surface area contributed by atoms with Crippen molar-refractivity contribution in [1.82, 2.24) is 20.4 Å². The van der Waals surface area contributed by atoms with Gasteiger partial charge in [0.05, 0.1) is 6.54 Å². The molecule has 1 aromatic carbocycles. The fourth-order valence-electron chi connectivity index (χ4n) is 3.10. The molecule has 0 bridgehead atoms. The maximum absolute atomic E-state index is 10.7. The van der Waals surface area contributed by atoms with Crippen LogP contribution in [0.3, 0.4) is 0 Å². The lowest BCUT2D eigenvalue weighted by Crippen LogP contribution is -2.52. The Morgan fingerprint density at radius 2 is 1.85 bits per heavy atom. The number of nitrogens with one attached hydrogen (secondary N) is 2. The number of hydrogen-bond acceptors (Lipinski definition) is 4. The third-order valence-corrected chi connectivity index (χ3v) is 5.01. The minimum atomic E-state index is -0.979. The third kappa shape index (κ3) is 6.27. The van der Waals surface area contributed by atoms with Crippen LogP contribution in [-0.2, 0) is 5.60 Å². The molecule has 0 aliphatic carbocycles. The molecule has 146 valence electrons. The van der Waals surface area contributed by atoms with Crippen molar-refractivity contribution in [3.63, 3.8) is 0 Å². The molecule has 3 N–H and O–H groups in total. The maximum Gasteiger partial charge on any atom is 0.191 e. The molecule has 0 spiro atoms. The Balaban J connectivity index is 1.90. The Labute approximate surface area is 158 Å². The number of rotatable bonds is 7. The highest BCUT2D eigenvalue weighted by atomic mass is 16.3. The maximum atomic E-state index is 10.7. The lowest BCUT2D eigenvalue weighted by molar-refractivity contribution is 0.0672. The summed E-state index contributed by atoms with van der Waals surface area (Å²) in [5.74, 6) is 0.754. The predicted octanol–water partition coefficient (Wildman–Crippen LogP) is 1.09. The first-order chi connectivity index (χ1) is 12.4. The number of benzene rings is 1. The van der Waals surface area contributed by atoms with Crippen LogP contribution >= 0.6 is 0 Å². The van der Waals surface area contributed by atoms with E-state index in [4.69, 9.17) is 0 Å². The zero-order valence-corrected chi connectivity index (χ0v) is 16.7. The van der Waals surface area contributed by atoms with Crippen molar-refractivity contribution in [3.8, 4) is 0 Å². The van der Waals surface area contributed by atoms with Gasteiger partial charge in [-0.05, 0) is 33.4 Å². The van der Waals surface area contributed by atoms with E-state index in [1.165, 1.54) is 0 Å². The van der Waals surface area contributed by atoms with Gasteiger partial charge in [0, 0.05) is 45.3 Å². The Bertz CT molecular complexity index is 553. The topological polar surface area (TPSA) is 63.1 Å². The van der Waals surface area contributed by atoms with Crippen LogP contribution < -0.4 is 10.6 Å². The van der Waals surface area contributed by atoms with Crippen molar-refractivity contribution >= 4 is 5.96 Å². The fourth-order valence-corrected chi connectivity index (χ4v) is 3.10. The summed E-state index contributed by atoms with van der Waals surface area (Å²) in [4.78, 5) is 9.49. The van der Waals surface area contributed by atoms with E-state index in [1.54, 1.807) is 0 Å². The van der Waals surface area contributed by atoms with Gasteiger partial charge in [-0.1, -0.05) is 30.3 Å². The van der Waals surface area contributed by atoms with Gasteiger partial charge < -0.3 is 20.6 Å². The van der Waals surface area contributed by atoms with Crippen molar-refractivity contribution in [2.45, 2.75) is 32.4 Å². The highest BCUT2D eigenvalue weighted by Crippen LogP contribution is 2.20. The number of nitrogens with zero attached hydrogens (tertiary/aromatic N) is 3. The molecule has 1 fully saturated rings. The minimum absolute atomic E-state index is 0.315. The number of aliphatic imine (C=N–C) groups is 1. The van der Waals surface area contributed by atoms with Gasteiger partial charge in [0.25, 0.3) is 0 Å². The molecule has 26 heavy (non-hydrogen) atoms. The lowest BCUT2D eigenvalue weighted by atomic mass is 9.96. The van der Waals surface area contributed by atoms with Crippen molar-refractivity contribution < 1.29 is 5.11 Å². The average molecular weight is 362 g/mol. The van der Waals surface area contributed by atoms with Crippen LogP contribution in [0.5, 0.6) is 0 Å². The number of guanidine groups is 1. The molecule has 6 nitrogen and oxygen atoms in total. The van der Waals surface area contributed by atoms with E-state index in [0.717, 1.165) is 50.8 Å². The molecule has 1 heterocycles. The smallest absolute Gasteiger partial charge is 0.191 e. The van der Waals surface area contributed by atoms with E-state index in [2.05, 4.69) is 46.3 Å². The number of piperazine rings is 1. The summed E-state index contributed by atoms with van der Waals surface area (Å²) in [7, 11) is 2.18. The van der Waals surface area contributed by atoms with Gasteiger partial charge >= 0.3 is 0 Å². The SMILES string of the molecule is CCNC(=NCC(C)(O)c1ccccc1)NCC(C)N1CCN(C)CC1. The van der Waals surface area contributed by atoms with Crippen LogP contribution in [0.2, 0.25) is 0 Å². The molecule has 2 unspecified atom stereocenters. The molecule has 1 aliphatic rings. The average Bonchev–Trinajstić information content (AvgIpc) is 2.65. The molecular formula is C20H35N5O. The molecule has 0 saturated carbocycles. The van der Waals surface area contributed by atoms with E-state index in [1.807, 2.05) is 37.3 Å². The predicted molar refractivity (Wildman–Crippen MR) is 109 cm³/mol. The molecule has 0 aromatic heterocycles. The molecule has 6 heteroatoms. The highest BCUT2D eigenvalue weighted by molar-refractivity contribution is 5.79. The minimum Gasteiger partial charge on any atom is -0.384 e. The van der Waals surface area contributed by atoms with Gasteiger partial charge in [-0.15, -0.1) is 0 Å². The van der Waals surface area contributed by atoms with E-state index in [0.29, 0.717) is 12.6 Å². The summed E-state index contributed by atoms with van der Waals surface area (Å²) in [6.07, 6.45) is 0. The molecule has 1 aromatic rings. The Morgan fingerprint density at radius 1 is 1.19 bits per heavy atom. The zero-order valence-electron chi connectivity index (χ0n) is 16.7. The Hall–Kier alpha value is -1.63. The van der Waals surface area contributed by atoms with E-state index < -0.39 is 5.60 Å². The second-order valence-electron chi connectivity index (χ2n) is 7.40. The lowest BCUT2D eigenvalue weighted by Gasteiger charge is -2.36. The summed E-state index contributed by atoms with van der Waals surface area (Å²) in [6.45, 7) is 12.5. The largest absolute Gasteiger partial charge is 0.384 e.